The number of alkyl halides is 3. The van der Waals surface area contributed by atoms with Crippen LogP contribution < -0.4 is 14.8 Å². The van der Waals surface area contributed by atoms with E-state index in [4.69, 9.17) is 0 Å². The summed E-state index contributed by atoms with van der Waals surface area (Å²) in [6, 6.07) is 5.80. The van der Waals surface area contributed by atoms with Gasteiger partial charge in [0.15, 0.2) is 0 Å². The molecule has 3 rings (SSSR count). The Hall–Kier alpha value is -2.86. The lowest BCUT2D eigenvalue weighted by atomic mass is 9.89. The maximum Gasteiger partial charge on any atom is 0.573 e. The number of aliphatic carboxylic acids is 1. The Morgan fingerprint density at radius 2 is 1.71 bits per heavy atom. The predicted molar refractivity (Wildman–Crippen MR) is 156 cm³/mol. The monoisotopic (exact) mass is 613 g/mol. The first-order chi connectivity index (χ1) is 19.4. The summed E-state index contributed by atoms with van der Waals surface area (Å²) in [5, 5.41) is 12.2. The Balaban J connectivity index is 2.04. The summed E-state index contributed by atoms with van der Waals surface area (Å²) in [7, 11) is -1.98. The molecule has 1 aromatic heterocycles. The zero-order valence-corrected chi connectivity index (χ0v) is 25.9. The molecule has 0 radical (unpaired) electrons. The molecule has 1 atom stereocenters. The minimum atomic E-state index is -5.01. The number of nitrogens with one attached hydrogen (secondary N) is 2. The van der Waals surface area contributed by atoms with Crippen molar-refractivity contribution >= 4 is 22.9 Å². The third-order valence-corrected chi connectivity index (χ3v) is 8.99. The molecule has 1 heterocycles. The molecule has 0 aliphatic heterocycles. The van der Waals surface area contributed by atoms with E-state index in [2.05, 4.69) is 14.8 Å². The number of benzene rings is 1. The summed E-state index contributed by atoms with van der Waals surface area (Å²) in [6.07, 6.45) is 0.600. The Labute approximate surface area is 248 Å². The number of ether oxygens (including phenoxy) is 1. The number of aromatic nitrogens is 1. The third kappa shape index (κ3) is 9.07. The molecule has 2 aromatic rings. The van der Waals surface area contributed by atoms with Crippen LogP contribution in [-0.4, -0.2) is 44.2 Å². The number of hydrogen-bond donors (Lipinski definition) is 3. The van der Waals surface area contributed by atoms with Gasteiger partial charge in [0.05, 0.1) is 15.9 Å². The molecule has 1 aliphatic rings. The molecular weight excluding hydrogens is 571 g/mol. The lowest BCUT2D eigenvalue weighted by Gasteiger charge is -2.25. The molecule has 0 saturated heterocycles. The maximum absolute atomic E-state index is 13.4. The van der Waals surface area contributed by atoms with Gasteiger partial charge in [-0.25, -0.2) is 8.93 Å². The van der Waals surface area contributed by atoms with Gasteiger partial charge in [0.1, 0.15) is 16.7 Å². The number of carbonyl (C=O) groups excluding carboxylic acids is 1. The van der Waals surface area contributed by atoms with E-state index in [1.165, 1.54) is 12.1 Å². The van der Waals surface area contributed by atoms with Crippen molar-refractivity contribution in [2.45, 2.75) is 103 Å². The molecule has 1 fully saturated rings. The van der Waals surface area contributed by atoms with Crippen molar-refractivity contribution in [1.82, 2.24) is 14.6 Å². The van der Waals surface area contributed by atoms with Gasteiger partial charge in [-0.15, -0.1) is 13.2 Å². The zero-order valence-electron chi connectivity index (χ0n) is 25.1. The van der Waals surface area contributed by atoms with Crippen LogP contribution >= 0.6 is 0 Å². The molecule has 234 valence electrons. The van der Waals surface area contributed by atoms with E-state index in [1.807, 2.05) is 4.57 Å². The molecule has 1 amide bonds. The molecule has 3 N–H and O–H groups in total. The summed E-state index contributed by atoms with van der Waals surface area (Å²) in [4.78, 5) is 24.5. The standard InChI is InChI=1S/C30H42F3N3O5S/c1-19-22(26(37)34-15-14-29(5,6)27(38)39)17-23(36(19)18-20-10-8-7-9-11-20)21-12-13-25(42(40)35-28(2,3)4)24(16-21)41-30(31,32)33/h12-13,16-17,20,35H,7-11,14-15,18H2,1-6H3,(H,34,37)(H,38,39). The first-order valence-electron chi connectivity index (χ1n) is 14.2. The van der Waals surface area contributed by atoms with Gasteiger partial charge in [-0.05, 0) is 84.9 Å². The van der Waals surface area contributed by atoms with Crippen LogP contribution in [0.25, 0.3) is 11.3 Å². The molecule has 12 heteroatoms. The number of halogens is 3. The normalized spacial score (nSPS) is 15.8. The van der Waals surface area contributed by atoms with Crippen LogP contribution in [0.4, 0.5) is 13.2 Å². The van der Waals surface area contributed by atoms with Crippen LogP contribution in [-0.2, 0) is 22.3 Å². The maximum atomic E-state index is 13.4. The van der Waals surface area contributed by atoms with Crippen molar-refractivity contribution in [2.75, 3.05) is 6.54 Å². The fourth-order valence-electron chi connectivity index (χ4n) is 5.03. The van der Waals surface area contributed by atoms with Crippen LogP contribution in [0.5, 0.6) is 5.75 Å². The van der Waals surface area contributed by atoms with Crippen molar-refractivity contribution in [1.29, 1.82) is 0 Å². The predicted octanol–water partition coefficient (Wildman–Crippen LogP) is 6.58. The summed E-state index contributed by atoms with van der Waals surface area (Å²) in [6.45, 7) is 11.0. The Bertz CT molecular complexity index is 1310. The van der Waals surface area contributed by atoms with Gasteiger partial charge < -0.3 is 19.7 Å². The zero-order chi connectivity index (χ0) is 31.5. The third-order valence-electron chi connectivity index (χ3n) is 7.45. The average Bonchev–Trinajstić information content (AvgIpc) is 3.18. The lowest BCUT2D eigenvalue weighted by Crippen LogP contribution is -2.37. The van der Waals surface area contributed by atoms with E-state index < -0.39 is 45.9 Å². The van der Waals surface area contributed by atoms with E-state index in [1.54, 1.807) is 53.7 Å². The minimum absolute atomic E-state index is 0.144. The fraction of sp³-hybridized carbons (Fsp3) is 0.600. The Morgan fingerprint density at radius 1 is 1.07 bits per heavy atom. The van der Waals surface area contributed by atoms with Gasteiger partial charge >= 0.3 is 12.3 Å². The number of carboxylic acid groups (broad SMARTS) is 1. The van der Waals surface area contributed by atoms with E-state index in [0.717, 1.165) is 32.1 Å². The quantitative estimate of drug-likeness (QED) is 0.265. The van der Waals surface area contributed by atoms with Gasteiger partial charge in [0, 0.05) is 35.6 Å². The van der Waals surface area contributed by atoms with Gasteiger partial charge in [-0.3, -0.25) is 9.59 Å². The first-order valence-corrected chi connectivity index (χ1v) is 15.3. The van der Waals surface area contributed by atoms with Crippen LogP contribution in [0, 0.1) is 18.3 Å². The molecule has 1 aliphatic carbocycles. The lowest BCUT2D eigenvalue weighted by molar-refractivity contribution is -0.275. The molecule has 42 heavy (non-hydrogen) atoms. The molecule has 8 nitrogen and oxygen atoms in total. The van der Waals surface area contributed by atoms with Gasteiger partial charge in [0.2, 0.25) is 0 Å². The SMILES string of the molecule is Cc1c(C(=O)NCCC(C)(C)C(=O)O)cc(-c2ccc(S(=O)NC(C)(C)C)c(OC(F)(F)F)c2)n1CC1CCCCC1. The van der Waals surface area contributed by atoms with Gasteiger partial charge in [-0.1, -0.05) is 25.3 Å². The average molecular weight is 614 g/mol. The minimum Gasteiger partial charge on any atom is -0.481 e. The Kier molecular flexibility index (Phi) is 10.6. The molecule has 1 unspecified atom stereocenters. The van der Waals surface area contributed by atoms with Crippen molar-refractivity contribution in [2.24, 2.45) is 11.3 Å². The van der Waals surface area contributed by atoms with Crippen molar-refractivity contribution in [3.63, 3.8) is 0 Å². The smallest absolute Gasteiger partial charge is 0.481 e. The summed E-state index contributed by atoms with van der Waals surface area (Å²) < 4.78 is 62.3. The summed E-state index contributed by atoms with van der Waals surface area (Å²) in [5.41, 5.74) is 0.296. The highest BCUT2D eigenvalue weighted by Crippen LogP contribution is 2.36. The highest BCUT2D eigenvalue weighted by Gasteiger charge is 2.34. The van der Waals surface area contributed by atoms with Gasteiger partial charge in [-0.2, -0.15) is 0 Å². The van der Waals surface area contributed by atoms with E-state index in [0.29, 0.717) is 35.0 Å². The number of nitrogens with zero attached hydrogens (tertiary/aromatic N) is 1. The largest absolute Gasteiger partial charge is 0.573 e. The highest BCUT2D eigenvalue weighted by molar-refractivity contribution is 7.83. The van der Waals surface area contributed by atoms with Crippen LogP contribution in [0.2, 0.25) is 0 Å². The van der Waals surface area contributed by atoms with Crippen molar-refractivity contribution < 1.29 is 36.8 Å². The van der Waals surface area contributed by atoms with Crippen molar-refractivity contribution in [3.05, 3.63) is 35.5 Å². The first kappa shape index (κ1) is 33.6. The van der Waals surface area contributed by atoms with E-state index in [9.17, 15) is 32.1 Å². The van der Waals surface area contributed by atoms with Crippen LogP contribution in [0.15, 0.2) is 29.2 Å². The molecule has 0 spiro atoms. The number of amides is 1. The molecule has 1 aromatic carbocycles. The molecule has 1 saturated carbocycles. The topological polar surface area (TPSA) is 110 Å². The molecule has 0 bridgehead atoms. The Morgan fingerprint density at radius 3 is 2.29 bits per heavy atom. The highest BCUT2D eigenvalue weighted by atomic mass is 32.2. The van der Waals surface area contributed by atoms with E-state index in [-0.39, 0.29) is 17.9 Å². The second-order valence-electron chi connectivity index (χ2n) is 12.7. The number of hydrogen-bond acceptors (Lipinski definition) is 4. The molecular formula is C30H42F3N3O5S. The summed E-state index contributed by atoms with van der Waals surface area (Å²) in [5.74, 6) is -1.59. The summed E-state index contributed by atoms with van der Waals surface area (Å²) >= 11 is 0. The fourth-order valence-corrected chi connectivity index (χ4v) is 6.17. The van der Waals surface area contributed by atoms with Crippen molar-refractivity contribution in [3.8, 4) is 17.0 Å². The number of carboxylic acids is 1. The number of rotatable bonds is 11. The van der Waals surface area contributed by atoms with Gasteiger partial charge in [0.25, 0.3) is 5.91 Å². The number of carbonyl (C=O) groups is 2. The van der Waals surface area contributed by atoms with Crippen LogP contribution in [0.3, 0.4) is 0 Å². The second-order valence-corrected chi connectivity index (χ2v) is 13.8. The second kappa shape index (κ2) is 13.2. The van der Waals surface area contributed by atoms with E-state index >= 15 is 0 Å². The van der Waals surface area contributed by atoms with Crippen LogP contribution in [0.1, 0.15) is 89.2 Å².